The Balaban J connectivity index is 1.58. The zero-order valence-corrected chi connectivity index (χ0v) is 16.4. The van der Waals surface area contributed by atoms with Gasteiger partial charge in [-0.1, -0.05) is 30.3 Å². The lowest BCUT2D eigenvalue weighted by molar-refractivity contribution is -0.124. The van der Waals surface area contributed by atoms with Gasteiger partial charge < -0.3 is 10.2 Å². The van der Waals surface area contributed by atoms with Gasteiger partial charge in [0.2, 0.25) is 5.91 Å². The zero-order valence-electron chi connectivity index (χ0n) is 16.4. The van der Waals surface area contributed by atoms with Crippen molar-refractivity contribution in [2.45, 2.75) is 6.42 Å². The van der Waals surface area contributed by atoms with Crippen LogP contribution in [0, 0.1) is 11.7 Å². The quantitative estimate of drug-likeness (QED) is 0.727. The Bertz CT molecular complexity index is 1060. The monoisotopic (exact) mass is 403 g/mol. The Morgan fingerprint density at radius 1 is 1.10 bits per heavy atom. The summed E-state index contributed by atoms with van der Waals surface area (Å²) in [6, 6.07) is 17.5. The van der Waals surface area contributed by atoms with E-state index in [4.69, 9.17) is 0 Å². The van der Waals surface area contributed by atoms with E-state index in [1.807, 2.05) is 36.4 Å². The van der Waals surface area contributed by atoms with E-state index in [0.717, 1.165) is 16.7 Å². The van der Waals surface area contributed by atoms with Crippen LogP contribution in [0.2, 0.25) is 0 Å². The van der Waals surface area contributed by atoms with Crippen molar-refractivity contribution in [1.29, 1.82) is 0 Å². The number of rotatable bonds is 4. The van der Waals surface area contributed by atoms with Gasteiger partial charge in [0.25, 0.3) is 5.91 Å². The Labute approximate surface area is 174 Å². The molecule has 2 heterocycles. The molecule has 1 fully saturated rings. The summed E-state index contributed by atoms with van der Waals surface area (Å²) in [6.07, 6.45) is 3.98. The van der Waals surface area contributed by atoms with Crippen LogP contribution < -0.4 is 5.32 Å². The van der Waals surface area contributed by atoms with Crippen LogP contribution in [0.5, 0.6) is 0 Å². The summed E-state index contributed by atoms with van der Waals surface area (Å²) in [5.74, 6) is -1.19. The molecule has 1 saturated heterocycles. The number of pyridine rings is 1. The van der Waals surface area contributed by atoms with Crippen molar-refractivity contribution in [3.63, 3.8) is 0 Å². The summed E-state index contributed by atoms with van der Waals surface area (Å²) in [5.41, 5.74) is 3.39. The van der Waals surface area contributed by atoms with E-state index >= 15 is 0 Å². The second kappa shape index (κ2) is 8.86. The third-order valence-electron chi connectivity index (χ3n) is 5.33. The molecule has 0 bridgehead atoms. The van der Waals surface area contributed by atoms with E-state index in [1.54, 1.807) is 23.4 Å². The minimum atomic E-state index is -0.451. The molecule has 2 aromatic carbocycles. The lowest BCUT2D eigenvalue weighted by Crippen LogP contribution is -2.37. The number of halogens is 1. The number of nitrogens with one attached hydrogen (secondary N) is 1. The molecule has 1 atom stereocenters. The van der Waals surface area contributed by atoms with E-state index in [-0.39, 0.29) is 18.4 Å². The van der Waals surface area contributed by atoms with Gasteiger partial charge in [-0.2, -0.15) is 0 Å². The summed E-state index contributed by atoms with van der Waals surface area (Å²) in [7, 11) is 0. The number of benzene rings is 2. The van der Waals surface area contributed by atoms with E-state index in [9.17, 15) is 14.0 Å². The molecule has 0 aliphatic carbocycles. The minimum absolute atomic E-state index is 0.0749. The second-order valence-electron chi connectivity index (χ2n) is 7.35. The number of amides is 2. The van der Waals surface area contributed by atoms with Gasteiger partial charge in [-0.25, -0.2) is 4.39 Å². The molecule has 0 spiro atoms. The van der Waals surface area contributed by atoms with Gasteiger partial charge in [-0.3, -0.25) is 14.6 Å². The molecular weight excluding hydrogens is 381 g/mol. The van der Waals surface area contributed by atoms with Crippen molar-refractivity contribution in [2.75, 3.05) is 19.6 Å². The van der Waals surface area contributed by atoms with E-state index in [0.29, 0.717) is 25.1 Å². The predicted molar refractivity (Wildman–Crippen MR) is 112 cm³/mol. The predicted octanol–water partition coefficient (Wildman–Crippen LogP) is 3.32. The van der Waals surface area contributed by atoms with Crippen LogP contribution >= 0.6 is 0 Å². The van der Waals surface area contributed by atoms with Crippen LogP contribution in [0.3, 0.4) is 0 Å². The van der Waals surface area contributed by atoms with Gasteiger partial charge in [0.05, 0.1) is 5.92 Å². The maximum Gasteiger partial charge on any atom is 0.254 e. The molecule has 4 rings (SSSR count). The molecule has 1 aliphatic rings. The highest BCUT2D eigenvalue weighted by atomic mass is 19.1. The number of hydrogen-bond acceptors (Lipinski definition) is 3. The van der Waals surface area contributed by atoms with Crippen LogP contribution in [-0.2, 0) is 11.2 Å². The van der Waals surface area contributed by atoms with Gasteiger partial charge >= 0.3 is 0 Å². The molecule has 30 heavy (non-hydrogen) atoms. The van der Waals surface area contributed by atoms with Crippen LogP contribution in [0.15, 0.2) is 73.1 Å². The van der Waals surface area contributed by atoms with Gasteiger partial charge in [-0.05, 0) is 53.4 Å². The Morgan fingerprint density at radius 3 is 2.70 bits per heavy atom. The summed E-state index contributed by atoms with van der Waals surface area (Å²) < 4.78 is 13.6. The minimum Gasteiger partial charge on any atom is -0.354 e. The van der Waals surface area contributed by atoms with Gasteiger partial charge in [0.15, 0.2) is 0 Å². The first kappa shape index (κ1) is 19.8. The zero-order chi connectivity index (χ0) is 20.9. The Morgan fingerprint density at radius 2 is 1.90 bits per heavy atom. The molecule has 5 nitrogen and oxygen atoms in total. The van der Waals surface area contributed by atoms with Gasteiger partial charge in [0.1, 0.15) is 5.82 Å². The number of nitrogens with zero attached hydrogens (tertiary/aromatic N) is 2. The second-order valence-corrected chi connectivity index (χ2v) is 7.35. The summed E-state index contributed by atoms with van der Waals surface area (Å²) >= 11 is 0. The van der Waals surface area contributed by atoms with Crippen LogP contribution in [-0.4, -0.2) is 41.3 Å². The third-order valence-corrected chi connectivity index (χ3v) is 5.33. The average molecular weight is 403 g/mol. The first-order valence-electron chi connectivity index (χ1n) is 9.92. The highest BCUT2D eigenvalue weighted by Crippen LogP contribution is 2.26. The van der Waals surface area contributed by atoms with Crippen molar-refractivity contribution in [2.24, 2.45) is 5.92 Å². The molecule has 1 N–H and O–H groups in total. The van der Waals surface area contributed by atoms with Crippen molar-refractivity contribution in [3.8, 4) is 11.1 Å². The van der Waals surface area contributed by atoms with Gasteiger partial charge in [0, 0.05) is 37.6 Å². The normalized spacial score (nSPS) is 16.6. The Kier molecular flexibility index (Phi) is 5.84. The van der Waals surface area contributed by atoms with E-state index < -0.39 is 11.7 Å². The molecule has 6 heteroatoms. The average Bonchev–Trinajstić information content (AvgIpc) is 2.96. The molecular formula is C24H22FN3O2. The highest BCUT2D eigenvalue weighted by molar-refractivity contribution is 5.95. The number of carbonyl (C=O) groups is 2. The first-order chi connectivity index (χ1) is 14.6. The molecule has 0 radical (unpaired) electrons. The molecule has 1 aliphatic heterocycles. The first-order valence-corrected chi connectivity index (χ1v) is 9.92. The molecule has 1 aromatic heterocycles. The fourth-order valence-corrected chi connectivity index (χ4v) is 3.82. The molecule has 152 valence electrons. The lowest BCUT2D eigenvalue weighted by atomic mass is 9.91. The van der Waals surface area contributed by atoms with Gasteiger partial charge in [-0.15, -0.1) is 0 Å². The molecule has 0 unspecified atom stereocenters. The SMILES string of the molecule is O=C1NCCN(C(=O)c2cccc(F)c2)C[C@H]1Cc1ccccc1-c1ccncc1. The standard InChI is InChI=1S/C24H22FN3O2/c25-21-6-3-5-19(15-21)24(30)28-13-12-27-23(29)20(16-28)14-18-4-1-2-7-22(18)17-8-10-26-11-9-17/h1-11,15,20H,12-14,16H2,(H,27,29)/t20-/m1/s1. The molecule has 3 aromatic rings. The summed E-state index contributed by atoms with van der Waals surface area (Å²) in [5, 5.41) is 2.90. The molecule has 0 saturated carbocycles. The van der Waals surface area contributed by atoms with Crippen molar-refractivity contribution in [1.82, 2.24) is 15.2 Å². The van der Waals surface area contributed by atoms with Crippen molar-refractivity contribution >= 4 is 11.8 Å². The fourth-order valence-electron chi connectivity index (χ4n) is 3.82. The summed E-state index contributed by atoms with van der Waals surface area (Å²) in [6.45, 7) is 1.05. The van der Waals surface area contributed by atoms with Crippen molar-refractivity contribution in [3.05, 3.63) is 90.0 Å². The lowest BCUT2D eigenvalue weighted by Gasteiger charge is -2.24. The largest absolute Gasteiger partial charge is 0.354 e. The number of carbonyl (C=O) groups excluding carboxylic acids is 2. The van der Waals surface area contributed by atoms with Crippen molar-refractivity contribution < 1.29 is 14.0 Å². The van der Waals surface area contributed by atoms with E-state index in [2.05, 4.69) is 10.3 Å². The number of hydrogen-bond donors (Lipinski definition) is 1. The highest BCUT2D eigenvalue weighted by Gasteiger charge is 2.29. The summed E-state index contributed by atoms with van der Waals surface area (Å²) in [4.78, 5) is 31.3. The topological polar surface area (TPSA) is 62.3 Å². The maximum absolute atomic E-state index is 13.6. The Hall–Kier alpha value is -3.54. The van der Waals surface area contributed by atoms with Crippen LogP contribution in [0.4, 0.5) is 4.39 Å². The maximum atomic E-state index is 13.6. The van der Waals surface area contributed by atoms with Crippen LogP contribution in [0.1, 0.15) is 15.9 Å². The van der Waals surface area contributed by atoms with Crippen LogP contribution in [0.25, 0.3) is 11.1 Å². The fraction of sp³-hybridized carbons (Fsp3) is 0.208. The smallest absolute Gasteiger partial charge is 0.254 e. The number of aromatic nitrogens is 1. The molecule has 2 amide bonds. The van der Waals surface area contributed by atoms with E-state index in [1.165, 1.54) is 18.2 Å². The third kappa shape index (κ3) is 4.38.